The van der Waals surface area contributed by atoms with E-state index in [1.165, 1.54) is 7.11 Å². The van der Waals surface area contributed by atoms with Gasteiger partial charge in [0.05, 0.1) is 49.8 Å². The summed E-state index contributed by atoms with van der Waals surface area (Å²) in [7, 11) is -3.66. The summed E-state index contributed by atoms with van der Waals surface area (Å²) < 4.78 is 67.8. The molecule has 0 spiro atoms. The molecule has 2 heterocycles. The van der Waals surface area contributed by atoms with Crippen molar-refractivity contribution in [2.75, 3.05) is 26.9 Å². The van der Waals surface area contributed by atoms with Gasteiger partial charge < -0.3 is 64.5 Å². The van der Waals surface area contributed by atoms with E-state index in [1.807, 2.05) is 6.92 Å². The Morgan fingerprint density at radius 1 is 0.810 bits per heavy atom. The Labute approximate surface area is 341 Å². The van der Waals surface area contributed by atoms with Crippen molar-refractivity contribution in [1.82, 2.24) is 0 Å². The molecule has 21 atom stereocenters. The lowest BCUT2D eigenvalue weighted by molar-refractivity contribution is -0.345. The van der Waals surface area contributed by atoms with Crippen LogP contribution in [0.5, 0.6) is 0 Å². The quantitative estimate of drug-likeness (QED) is 0.0890. The standard InChI is InChI=1S/C40H68O17S/c1-19(2)21(11-14-53-36-34(32(47)26(44)17-54-36)56-37-33(52-6)31(46)25(43)18-55-37)8-7-20(3)22-15-24(42)35-38(22,4)13-10-28-39(5)12-9-23(41)30(45)29(39)27(16-40(28,35)48)57-58(49,50)51/h7-8,19-37,41-48H,9-18H2,1-6H3,(H,49,50,51). The largest absolute Gasteiger partial charge is 0.397 e. The zero-order chi connectivity index (χ0) is 42.7. The molecule has 336 valence electrons. The molecule has 6 fully saturated rings. The van der Waals surface area contributed by atoms with Crippen LogP contribution in [0.2, 0.25) is 0 Å². The number of methoxy groups -OCH3 is 1. The first-order chi connectivity index (χ1) is 27.1. The molecule has 18 heteroatoms. The number of rotatable bonds is 13. The molecule has 6 rings (SSSR count). The van der Waals surface area contributed by atoms with Crippen LogP contribution in [0.1, 0.15) is 79.6 Å². The average molecular weight is 853 g/mol. The molecular weight excluding hydrogens is 784 g/mol. The molecule has 2 saturated heterocycles. The third-order valence-electron chi connectivity index (χ3n) is 15.3. The van der Waals surface area contributed by atoms with Crippen molar-refractivity contribution < 1.29 is 81.7 Å². The maximum absolute atomic E-state index is 12.8. The van der Waals surface area contributed by atoms with E-state index >= 15 is 0 Å². The fourth-order valence-corrected chi connectivity index (χ4v) is 12.9. The number of aliphatic hydroxyl groups excluding tert-OH is 7. The van der Waals surface area contributed by atoms with Gasteiger partial charge in [-0.15, -0.1) is 0 Å². The summed E-state index contributed by atoms with van der Waals surface area (Å²) in [6.07, 6.45) is -7.43. The Morgan fingerprint density at radius 3 is 2.05 bits per heavy atom. The van der Waals surface area contributed by atoms with Crippen LogP contribution in [0.4, 0.5) is 0 Å². The summed E-state index contributed by atoms with van der Waals surface area (Å²) in [5, 5.41) is 88.0. The zero-order valence-corrected chi connectivity index (χ0v) is 35.2. The monoisotopic (exact) mass is 852 g/mol. The van der Waals surface area contributed by atoms with Crippen LogP contribution < -0.4 is 0 Å². The van der Waals surface area contributed by atoms with Gasteiger partial charge in [0, 0.05) is 25.4 Å². The van der Waals surface area contributed by atoms with E-state index in [4.69, 9.17) is 27.9 Å². The van der Waals surface area contributed by atoms with Crippen molar-refractivity contribution in [1.29, 1.82) is 0 Å². The highest BCUT2D eigenvalue weighted by atomic mass is 32.3. The van der Waals surface area contributed by atoms with Crippen LogP contribution in [0.3, 0.4) is 0 Å². The van der Waals surface area contributed by atoms with Crippen molar-refractivity contribution in [3.63, 3.8) is 0 Å². The second-order valence-corrected chi connectivity index (χ2v) is 20.0. The van der Waals surface area contributed by atoms with Gasteiger partial charge in [-0.05, 0) is 78.9 Å². The molecule has 58 heavy (non-hydrogen) atoms. The van der Waals surface area contributed by atoms with Crippen molar-refractivity contribution in [2.24, 2.45) is 52.3 Å². The van der Waals surface area contributed by atoms with Crippen LogP contribution in [0.25, 0.3) is 0 Å². The fourth-order valence-electron chi connectivity index (χ4n) is 12.4. The van der Waals surface area contributed by atoms with Gasteiger partial charge >= 0.3 is 10.4 Å². The summed E-state index contributed by atoms with van der Waals surface area (Å²) in [5.41, 5.74) is -2.97. The Kier molecular flexibility index (Phi) is 14.2. The van der Waals surface area contributed by atoms with Crippen LogP contribution in [0, 0.1) is 52.3 Å². The summed E-state index contributed by atoms with van der Waals surface area (Å²) in [6.45, 7) is 10.0. The third-order valence-corrected chi connectivity index (χ3v) is 15.8. The van der Waals surface area contributed by atoms with Gasteiger partial charge in [0.1, 0.15) is 36.6 Å². The van der Waals surface area contributed by atoms with Gasteiger partial charge in [-0.3, -0.25) is 4.55 Å². The first kappa shape index (κ1) is 46.6. The van der Waals surface area contributed by atoms with Crippen LogP contribution in [-0.4, -0.2) is 160 Å². The summed E-state index contributed by atoms with van der Waals surface area (Å²) in [6, 6.07) is 0. The highest BCUT2D eigenvalue weighted by molar-refractivity contribution is 7.80. The molecule has 4 aliphatic carbocycles. The van der Waals surface area contributed by atoms with Gasteiger partial charge in [0.15, 0.2) is 12.6 Å². The SMILES string of the molecule is COC1C(OC2C(OCCC(C=CC(C)C3CC(O)C4C3(C)CCC3C5(C)CCC(O)C(O)C5C(OS(=O)(=O)O)CC34O)C(C)C)OCC(O)C2O)OCC(O)C1O. The van der Waals surface area contributed by atoms with Gasteiger partial charge in [-0.25, -0.2) is 4.18 Å². The zero-order valence-electron chi connectivity index (χ0n) is 34.4. The molecule has 0 bridgehead atoms. The Morgan fingerprint density at radius 2 is 1.43 bits per heavy atom. The van der Waals surface area contributed by atoms with E-state index in [1.54, 1.807) is 0 Å². The van der Waals surface area contributed by atoms with E-state index in [0.717, 1.165) is 0 Å². The van der Waals surface area contributed by atoms with Crippen LogP contribution in [-0.2, 0) is 38.3 Å². The predicted molar refractivity (Wildman–Crippen MR) is 204 cm³/mol. The van der Waals surface area contributed by atoms with Crippen molar-refractivity contribution in [2.45, 2.75) is 159 Å². The molecule has 17 nitrogen and oxygen atoms in total. The molecule has 0 aromatic carbocycles. The minimum atomic E-state index is -4.98. The highest BCUT2D eigenvalue weighted by Gasteiger charge is 2.72. The van der Waals surface area contributed by atoms with E-state index in [9.17, 15) is 53.8 Å². The number of hydrogen-bond acceptors (Lipinski definition) is 16. The minimum absolute atomic E-state index is 0.0357. The summed E-state index contributed by atoms with van der Waals surface area (Å²) in [4.78, 5) is 0. The maximum Gasteiger partial charge on any atom is 0.397 e. The van der Waals surface area contributed by atoms with E-state index in [0.29, 0.717) is 32.1 Å². The Bertz CT molecular complexity index is 1530. The average Bonchev–Trinajstić information content (AvgIpc) is 3.42. The molecular formula is C40H68O17S. The van der Waals surface area contributed by atoms with E-state index in [-0.39, 0.29) is 56.3 Å². The highest BCUT2D eigenvalue weighted by Crippen LogP contribution is 2.70. The topological polar surface area (TPSA) is 272 Å². The lowest BCUT2D eigenvalue weighted by atomic mass is 9.41. The molecule has 9 N–H and O–H groups in total. The van der Waals surface area contributed by atoms with E-state index < -0.39 is 118 Å². The number of fused-ring (bicyclic) bond motifs is 5. The smallest absolute Gasteiger partial charge is 0.393 e. The molecule has 0 amide bonds. The fraction of sp³-hybridized carbons (Fsp3) is 0.950. The van der Waals surface area contributed by atoms with Crippen LogP contribution in [0.15, 0.2) is 12.2 Å². The van der Waals surface area contributed by atoms with Gasteiger partial charge in [0.2, 0.25) is 0 Å². The van der Waals surface area contributed by atoms with Gasteiger partial charge in [-0.2, -0.15) is 8.42 Å². The van der Waals surface area contributed by atoms with Crippen molar-refractivity contribution in [3.8, 4) is 0 Å². The number of ether oxygens (including phenoxy) is 5. The lowest BCUT2D eigenvalue weighted by Gasteiger charge is -2.66. The lowest BCUT2D eigenvalue weighted by Crippen LogP contribution is -2.71. The summed E-state index contributed by atoms with van der Waals surface area (Å²) in [5.74, 6) is -1.79. The molecule has 2 aliphatic heterocycles. The number of allylic oxidation sites excluding steroid dienone is 2. The molecule has 0 radical (unpaired) electrons. The molecule has 4 saturated carbocycles. The summed E-state index contributed by atoms with van der Waals surface area (Å²) >= 11 is 0. The third kappa shape index (κ3) is 8.70. The maximum atomic E-state index is 12.8. The molecule has 6 aliphatic rings. The predicted octanol–water partition coefficient (Wildman–Crippen LogP) is 0.288. The second-order valence-electron chi connectivity index (χ2n) is 19.0. The minimum Gasteiger partial charge on any atom is -0.393 e. The number of aliphatic hydroxyl groups is 8. The van der Waals surface area contributed by atoms with E-state index in [2.05, 4.69) is 39.8 Å². The number of hydrogen-bond donors (Lipinski definition) is 9. The molecule has 0 aromatic rings. The molecule has 21 unspecified atom stereocenters. The van der Waals surface area contributed by atoms with Crippen LogP contribution >= 0.6 is 0 Å². The van der Waals surface area contributed by atoms with Gasteiger partial charge in [0.25, 0.3) is 0 Å². The van der Waals surface area contributed by atoms with Crippen molar-refractivity contribution in [3.05, 3.63) is 12.2 Å². The second kappa shape index (κ2) is 17.7. The normalized spacial score (nSPS) is 49.7. The Balaban J connectivity index is 1.14. The Hall–Kier alpha value is -0.910. The first-order valence-corrected chi connectivity index (χ1v) is 22.3. The molecule has 0 aromatic heterocycles. The first-order valence-electron chi connectivity index (χ1n) is 20.9. The van der Waals surface area contributed by atoms with Crippen molar-refractivity contribution >= 4 is 10.4 Å². The van der Waals surface area contributed by atoms with Gasteiger partial charge in [-0.1, -0.05) is 46.8 Å².